The van der Waals surface area contributed by atoms with Crippen molar-refractivity contribution in [2.24, 2.45) is 0 Å². The number of hydrogen-bond acceptors (Lipinski definition) is 1. The second-order valence-corrected chi connectivity index (χ2v) is 6.28. The van der Waals surface area contributed by atoms with Crippen LogP contribution < -0.4 is 4.90 Å². The zero-order valence-electron chi connectivity index (χ0n) is 10.2. The van der Waals surface area contributed by atoms with Gasteiger partial charge in [0.1, 0.15) is 0 Å². The van der Waals surface area contributed by atoms with E-state index in [9.17, 15) is 13.2 Å². The zero-order valence-corrected chi connectivity index (χ0v) is 13.4. The maximum atomic E-state index is 12.6. The Morgan fingerprint density at radius 2 is 1.95 bits per heavy atom. The summed E-state index contributed by atoms with van der Waals surface area (Å²) in [7, 11) is 0. The number of nitrogens with zero attached hydrogens (tertiary/aromatic N) is 1. The van der Waals surface area contributed by atoms with Crippen LogP contribution in [-0.4, -0.2) is 17.9 Å². The molecule has 0 unspecified atom stereocenters. The van der Waals surface area contributed by atoms with E-state index in [-0.39, 0.29) is 0 Å². The summed E-state index contributed by atoms with van der Waals surface area (Å²) in [6.45, 7) is 0.800. The van der Waals surface area contributed by atoms with Crippen molar-refractivity contribution in [2.75, 3.05) is 16.8 Å². The molecule has 0 saturated heterocycles. The average Bonchev–Trinajstić information content (AvgIpc) is 2.24. The van der Waals surface area contributed by atoms with Gasteiger partial charge in [0.2, 0.25) is 0 Å². The summed E-state index contributed by atoms with van der Waals surface area (Å²) in [5.74, 6) is 0. The first-order valence-electron chi connectivity index (χ1n) is 6.13. The maximum absolute atomic E-state index is 12.6. The van der Waals surface area contributed by atoms with Crippen LogP contribution in [0, 0.1) is 0 Å². The number of hydrogen-bond donors (Lipinski definition) is 0. The van der Waals surface area contributed by atoms with Crippen molar-refractivity contribution in [3.8, 4) is 0 Å². The predicted molar refractivity (Wildman–Crippen MR) is 77.9 cm³/mol. The fourth-order valence-corrected chi connectivity index (χ4v) is 3.19. The third kappa shape index (κ3) is 3.45. The zero-order chi connectivity index (χ0) is 14.0. The van der Waals surface area contributed by atoms with Crippen molar-refractivity contribution < 1.29 is 13.2 Å². The van der Waals surface area contributed by atoms with Crippen LogP contribution in [0.5, 0.6) is 0 Å². The first-order valence-corrected chi connectivity index (χ1v) is 8.04. The molecule has 0 spiro atoms. The highest BCUT2D eigenvalue weighted by Crippen LogP contribution is 2.38. The van der Waals surface area contributed by atoms with Crippen LogP contribution in [0.1, 0.15) is 24.8 Å². The normalized spacial score (nSPS) is 16.3. The van der Waals surface area contributed by atoms with Crippen molar-refractivity contribution in [3.63, 3.8) is 0 Å². The number of rotatable bonds is 4. The van der Waals surface area contributed by atoms with Gasteiger partial charge >= 0.3 is 6.18 Å². The van der Waals surface area contributed by atoms with Gasteiger partial charge in [-0.2, -0.15) is 13.2 Å². The minimum absolute atomic E-state index is 0.450. The number of halogens is 5. The van der Waals surface area contributed by atoms with Gasteiger partial charge in [-0.05, 0) is 53.4 Å². The Bertz CT molecular complexity index is 444. The van der Waals surface area contributed by atoms with E-state index in [1.165, 1.54) is 6.42 Å². The van der Waals surface area contributed by atoms with E-state index >= 15 is 0 Å². The predicted octanol–water partition coefficient (Wildman–Crippen LogP) is 5.22. The molecule has 0 amide bonds. The minimum Gasteiger partial charge on any atom is -0.367 e. The van der Waals surface area contributed by atoms with Crippen LogP contribution in [0.25, 0.3) is 0 Å². The van der Waals surface area contributed by atoms with Gasteiger partial charge in [-0.1, -0.05) is 15.9 Å². The molecule has 1 aliphatic rings. The van der Waals surface area contributed by atoms with Gasteiger partial charge < -0.3 is 4.90 Å². The van der Waals surface area contributed by atoms with E-state index in [1.807, 2.05) is 0 Å². The second-order valence-electron chi connectivity index (χ2n) is 4.63. The third-order valence-corrected chi connectivity index (χ3v) is 4.42. The highest BCUT2D eigenvalue weighted by molar-refractivity contribution is 9.10. The van der Waals surface area contributed by atoms with Gasteiger partial charge in [0.15, 0.2) is 0 Å². The lowest BCUT2D eigenvalue weighted by molar-refractivity contribution is -0.137. The Kier molecular flexibility index (Phi) is 4.82. The van der Waals surface area contributed by atoms with E-state index < -0.39 is 11.7 Å². The molecule has 6 heteroatoms. The molecule has 1 fully saturated rings. The Morgan fingerprint density at radius 3 is 2.37 bits per heavy atom. The summed E-state index contributed by atoms with van der Waals surface area (Å²) in [5, 5.41) is 0.803. The van der Waals surface area contributed by atoms with E-state index in [1.54, 1.807) is 6.07 Å². The molecule has 1 aliphatic carbocycles. The summed E-state index contributed by atoms with van der Waals surface area (Å²) in [4.78, 5) is 2.18. The highest BCUT2D eigenvalue weighted by Gasteiger charge is 2.32. The largest absolute Gasteiger partial charge is 0.416 e. The van der Waals surface area contributed by atoms with E-state index in [2.05, 4.69) is 36.8 Å². The summed E-state index contributed by atoms with van der Waals surface area (Å²) in [6, 6.07) is 4.33. The summed E-state index contributed by atoms with van der Waals surface area (Å²) >= 11 is 6.68. The molecule has 1 saturated carbocycles. The lowest BCUT2D eigenvalue weighted by atomic mass is 9.91. The molecule has 0 aliphatic heterocycles. The molecule has 2 rings (SSSR count). The van der Waals surface area contributed by atoms with Crippen LogP contribution in [0.15, 0.2) is 22.7 Å². The average molecular weight is 401 g/mol. The molecule has 106 valence electrons. The van der Waals surface area contributed by atoms with E-state index in [4.69, 9.17) is 0 Å². The van der Waals surface area contributed by atoms with E-state index in [0.717, 1.165) is 42.5 Å². The van der Waals surface area contributed by atoms with E-state index in [0.29, 0.717) is 10.5 Å². The standard InChI is InChI=1S/C13H14Br2F3N/c14-6-7-19(10-2-1-3-10)12-5-4-9(8-11(12)15)13(16,17)18/h4-5,8,10H,1-3,6-7H2. The van der Waals surface area contributed by atoms with Gasteiger partial charge in [-0.15, -0.1) is 0 Å². The fraction of sp³-hybridized carbons (Fsp3) is 0.538. The number of anilines is 1. The molecule has 1 nitrogen and oxygen atoms in total. The molecule has 1 aromatic rings. The Balaban J connectivity index is 2.27. The fourth-order valence-electron chi connectivity index (χ4n) is 2.21. The van der Waals surface area contributed by atoms with Crippen LogP contribution in [0.3, 0.4) is 0 Å². The van der Waals surface area contributed by atoms with Gasteiger partial charge in [-0.25, -0.2) is 0 Å². The van der Waals surface area contributed by atoms with Gasteiger partial charge in [0.05, 0.1) is 11.3 Å². The summed E-state index contributed by atoms with van der Waals surface area (Å²) < 4.78 is 38.4. The molecule has 0 N–H and O–H groups in total. The van der Waals surface area contributed by atoms with Gasteiger partial charge in [0, 0.05) is 22.4 Å². The molecular weight excluding hydrogens is 387 g/mol. The molecule has 0 heterocycles. The number of benzene rings is 1. The van der Waals surface area contributed by atoms with Crippen molar-refractivity contribution in [1.29, 1.82) is 0 Å². The van der Waals surface area contributed by atoms with Crippen molar-refractivity contribution in [2.45, 2.75) is 31.5 Å². The molecule has 1 aromatic carbocycles. The van der Waals surface area contributed by atoms with Crippen molar-refractivity contribution in [1.82, 2.24) is 0 Å². The smallest absolute Gasteiger partial charge is 0.367 e. The minimum atomic E-state index is -4.29. The van der Waals surface area contributed by atoms with Crippen LogP contribution in [-0.2, 0) is 6.18 Å². The number of alkyl halides is 4. The monoisotopic (exact) mass is 399 g/mol. The van der Waals surface area contributed by atoms with Crippen LogP contribution in [0.2, 0.25) is 0 Å². The quantitative estimate of drug-likeness (QED) is 0.626. The lowest BCUT2D eigenvalue weighted by Crippen LogP contribution is -2.41. The Hall–Kier alpha value is -0.230. The summed E-state index contributed by atoms with van der Waals surface area (Å²) in [6.07, 6.45) is -0.875. The Morgan fingerprint density at radius 1 is 1.26 bits per heavy atom. The van der Waals surface area contributed by atoms with Crippen LogP contribution >= 0.6 is 31.9 Å². The maximum Gasteiger partial charge on any atom is 0.416 e. The molecule has 0 bridgehead atoms. The molecule has 0 atom stereocenters. The molecular formula is C13H14Br2F3N. The lowest BCUT2D eigenvalue weighted by Gasteiger charge is -2.39. The summed E-state index contributed by atoms with van der Waals surface area (Å²) in [5.41, 5.74) is 0.229. The molecule has 19 heavy (non-hydrogen) atoms. The molecule has 0 radical (unpaired) electrons. The SMILES string of the molecule is FC(F)(F)c1ccc(N(CCBr)C2CCC2)c(Br)c1. The van der Waals surface area contributed by atoms with Crippen molar-refractivity contribution in [3.05, 3.63) is 28.2 Å². The van der Waals surface area contributed by atoms with Gasteiger partial charge in [0.25, 0.3) is 0 Å². The third-order valence-electron chi connectivity index (χ3n) is 3.43. The van der Waals surface area contributed by atoms with Gasteiger partial charge in [-0.3, -0.25) is 0 Å². The molecule has 0 aromatic heterocycles. The Labute approximate surface area is 127 Å². The second kappa shape index (κ2) is 6.04. The van der Waals surface area contributed by atoms with Crippen LogP contribution in [0.4, 0.5) is 18.9 Å². The first kappa shape index (κ1) is 15.2. The topological polar surface area (TPSA) is 3.24 Å². The van der Waals surface area contributed by atoms with Crippen molar-refractivity contribution >= 4 is 37.5 Å². The highest BCUT2D eigenvalue weighted by atomic mass is 79.9. The first-order chi connectivity index (χ1) is 8.93.